The lowest BCUT2D eigenvalue weighted by Gasteiger charge is -2.11. The molecule has 160 valence electrons. The predicted octanol–water partition coefficient (Wildman–Crippen LogP) is 4.94. The van der Waals surface area contributed by atoms with Gasteiger partial charge in [0.25, 0.3) is 5.91 Å². The van der Waals surface area contributed by atoms with E-state index in [2.05, 4.69) is 10.6 Å². The molecule has 0 atom stereocenters. The van der Waals surface area contributed by atoms with Crippen LogP contribution in [0.1, 0.15) is 12.0 Å². The third-order valence-electron chi connectivity index (χ3n) is 4.41. The van der Waals surface area contributed by atoms with E-state index < -0.39 is 0 Å². The van der Waals surface area contributed by atoms with Gasteiger partial charge in [-0.05, 0) is 54.4 Å². The highest BCUT2D eigenvalue weighted by molar-refractivity contribution is 6.30. The number of aryl methyl sites for hydroxylation is 1. The Hall–Kier alpha value is -3.51. The molecule has 0 spiro atoms. The number of carbonyl (C=O) groups is 2. The van der Waals surface area contributed by atoms with Crippen molar-refractivity contribution in [3.8, 4) is 11.5 Å². The summed E-state index contributed by atoms with van der Waals surface area (Å²) >= 11 is 5.87. The zero-order valence-electron chi connectivity index (χ0n) is 17.1. The van der Waals surface area contributed by atoms with Crippen LogP contribution in [-0.2, 0) is 16.0 Å². The van der Waals surface area contributed by atoms with Crippen molar-refractivity contribution in [1.82, 2.24) is 0 Å². The Kier molecular flexibility index (Phi) is 7.90. The first-order valence-electron chi connectivity index (χ1n) is 9.73. The van der Waals surface area contributed by atoms with Crippen LogP contribution in [0.3, 0.4) is 0 Å². The van der Waals surface area contributed by atoms with E-state index in [0.29, 0.717) is 40.7 Å². The molecule has 0 saturated heterocycles. The van der Waals surface area contributed by atoms with E-state index in [1.165, 1.54) is 7.11 Å². The maximum Gasteiger partial charge on any atom is 0.262 e. The summed E-state index contributed by atoms with van der Waals surface area (Å²) in [5, 5.41) is 6.27. The van der Waals surface area contributed by atoms with Crippen molar-refractivity contribution in [2.75, 3.05) is 24.4 Å². The average Bonchev–Trinajstić information content (AvgIpc) is 2.78. The van der Waals surface area contributed by atoms with Crippen molar-refractivity contribution in [3.05, 3.63) is 83.4 Å². The van der Waals surface area contributed by atoms with E-state index in [1.54, 1.807) is 54.6 Å². The Labute approximate surface area is 186 Å². The van der Waals surface area contributed by atoms with Gasteiger partial charge >= 0.3 is 0 Å². The second kappa shape index (κ2) is 11.0. The lowest BCUT2D eigenvalue weighted by molar-refractivity contribution is -0.118. The highest BCUT2D eigenvalue weighted by Gasteiger charge is 2.09. The molecule has 0 heterocycles. The van der Waals surface area contributed by atoms with Crippen molar-refractivity contribution >= 4 is 34.8 Å². The second-order valence-corrected chi connectivity index (χ2v) is 7.18. The molecule has 0 fully saturated rings. The number of halogens is 1. The number of methoxy groups -OCH3 is 1. The Morgan fingerprint density at radius 3 is 2.16 bits per heavy atom. The first kappa shape index (κ1) is 22.2. The molecule has 0 unspecified atom stereocenters. The predicted molar refractivity (Wildman–Crippen MR) is 122 cm³/mol. The quantitative estimate of drug-likeness (QED) is 0.496. The zero-order chi connectivity index (χ0) is 22.1. The largest absolute Gasteiger partial charge is 0.493 e. The van der Waals surface area contributed by atoms with Crippen molar-refractivity contribution in [1.29, 1.82) is 0 Å². The molecule has 0 aliphatic rings. The first-order chi connectivity index (χ1) is 15.0. The molecule has 7 heteroatoms. The fourth-order valence-electron chi connectivity index (χ4n) is 2.89. The maximum atomic E-state index is 12.2. The zero-order valence-corrected chi connectivity index (χ0v) is 17.8. The summed E-state index contributed by atoms with van der Waals surface area (Å²) < 4.78 is 10.7. The van der Waals surface area contributed by atoms with Gasteiger partial charge in [-0.3, -0.25) is 9.59 Å². The maximum absolute atomic E-state index is 12.2. The van der Waals surface area contributed by atoms with E-state index in [4.69, 9.17) is 21.1 Å². The summed E-state index contributed by atoms with van der Waals surface area (Å²) in [6, 6.07) is 21.5. The number of ether oxygens (including phenoxy) is 2. The van der Waals surface area contributed by atoms with Crippen LogP contribution >= 0.6 is 11.6 Å². The van der Waals surface area contributed by atoms with Crippen molar-refractivity contribution in [2.24, 2.45) is 0 Å². The fraction of sp³-hybridized carbons (Fsp3) is 0.167. The van der Waals surface area contributed by atoms with Crippen LogP contribution in [0, 0.1) is 0 Å². The molecule has 3 aromatic rings. The van der Waals surface area contributed by atoms with E-state index in [9.17, 15) is 9.59 Å². The summed E-state index contributed by atoms with van der Waals surface area (Å²) in [5.41, 5.74) is 2.20. The third-order valence-corrected chi connectivity index (χ3v) is 4.66. The third kappa shape index (κ3) is 7.04. The standard InChI is InChI=1S/C24H23ClN2O4/c1-30-21-7-2-3-8-22(21)31-16-24(29)27-20-6-4-5-19(15-20)26-23(28)14-11-17-9-12-18(25)13-10-17/h2-10,12-13,15H,11,14,16H2,1H3,(H,26,28)(H,27,29). The number of hydrogen-bond acceptors (Lipinski definition) is 4. The summed E-state index contributed by atoms with van der Waals surface area (Å²) in [6.45, 7) is -0.169. The van der Waals surface area contributed by atoms with E-state index in [0.717, 1.165) is 5.56 Å². The van der Waals surface area contributed by atoms with Crippen LogP contribution in [0.5, 0.6) is 11.5 Å². The highest BCUT2D eigenvalue weighted by Crippen LogP contribution is 2.25. The fourth-order valence-corrected chi connectivity index (χ4v) is 3.01. The van der Waals surface area contributed by atoms with Crippen LogP contribution in [0.25, 0.3) is 0 Å². The van der Waals surface area contributed by atoms with Crippen LogP contribution in [0.15, 0.2) is 72.8 Å². The van der Waals surface area contributed by atoms with Crippen LogP contribution in [0.4, 0.5) is 11.4 Å². The Morgan fingerprint density at radius 1 is 0.839 bits per heavy atom. The number of carbonyl (C=O) groups excluding carboxylic acids is 2. The molecule has 0 saturated carbocycles. The number of rotatable bonds is 9. The number of para-hydroxylation sites is 2. The monoisotopic (exact) mass is 438 g/mol. The summed E-state index contributed by atoms with van der Waals surface area (Å²) in [7, 11) is 1.54. The summed E-state index contributed by atoms with van der Waals surface area (Å²) in [5.74, 6) is 0.607. The minimum absolute atomic E-state index is 0.113. The van der Waals surface area contributed by atoms with Gasteiger partial charge in [-0.1, -0.05) is 41.9 Å². The molecule has 0 radical (unpaired) electrons. The molecule has 0 aliphatic carbocycles. The van der Waals surface area contributed by atoms with Gasteiger partial charge in [0.15, 0.2) is 18.1 Å². The van der Waals surface area contributed by atoms with E-state index in [1.807, 2.05) is 18.2 Å². The van der Waals surface area contributed by atoms with Gasteiger partial charge in [-0.25, -0.2) is 0 Å². The molecule has 0 aliphatic heterocycles. The second-order valence-electron chi connectivity index (χ2n) is 6.74. The van der Waals surface area contributed by atoms with Gasteiger partial charge in [0.1, 0.15) is 0 Å². The molecular weight excluding hydrogens is 416 g/mol. The van der Waals surface area contributed by atoms with Gasteiger partial charge in [-0.15, -0.1) is 0 Å². The Morgan fingerprint density at radius 2 is 1.48 bits per heavy atom. The van der Waals surface area contributed by atoms with E-state index >= 15 is 0 Å². The SMILES string of the molecule is COc1ccccc1OCC(=O)Nc1cccc(NC(=O)CCc2ccc(Cl)cc2)c1. The molecule has 2 N–H and O–H groups in total. The molecule has 0 aromatic heterocycles. The summed E-state index contributed by atoms with van der Waals surface area (Å²) in [6.07, 6.45) is 0.949. The van der Waals surface area contributed by atoms with Crippen molar-refractivity contribution in [3.63, 3.8) is 0 Å². The first-order valence-corrected chi connectivity index (χ1v) is 10.1. The molecule has 3 rings (SSSR count). The van der Waals surface area contributed by atoms with Gasteiger partial charge in [0.05, 0.1) is 7.11 Å². The number of benzene rings is 3. The van der Waals surface area contributed by atoms with Crippen LogP contribution in [0.2, 0.25) is 5.02 Å². The van der Waals surface area contributed by atoms with Crippen molar-refractivity contribution < 1.29 is 19.1 Å². The lowest BCUT2D eigenvalue weighted by Crippen LogP contribution is -2.20. The smallest absolute Gasteiger partial charge is 0.262 e. The molecule has 2 amide bonds. The lowest BCUT2D eigenvalue weighted by atomic mass is 10.1. The summed E-state index contributed by atoms with van der Waals surface area (Å²) in [4.78, 5) is 24.5. The van der Waals surface area contributed by atoms with Gasteiger partial charge in [0.2, 0.25) is 5.91 Å². The number of anilines is 2. The molecule has 31 heavy (non-hydrogen) atoms. The van der Waals surface area contributed by atoms with Gasteiger partial charge in [-0.2, -0.15) is 0 Å². The van der Waals surface area contributed by atoms with Gasteiger partial charge in [0, 0.05) is 22.8 Å². The topological polar surface area (TPSA) is 76.7 Å². The normalized spacial score (nSPS) is 10.3. The number of hydrogen-bond donors (Lipinski definition) is 2. The van der Waals surface area contributed by atoms with Crippen LogP contribution in [-0.4, -0.2) is 25.5 Å². The minimum Gasteiger partial charge on any atom is -0.493 e. The minimum atomic E-state index is -0.322. The number of nitrogens with one attached hydrogen (secondary N) is 2. The Bertz CT molecular complexity index is 1040. The highest BCUT2D eigenvalue weighted by atomic mass is 35.5. The Balaban J connectivity index is 1.49. The van der Waals surface area contributed by atoms with Crippen molar-refractivity contribution in [2.45, 2.75) is 12.8 Å². The molecule has 6 nitrogen and oxygen atoms in total. The molecular formula is C24H23ClN2O4. The van der Waals surface area contributed by atoms with E-state index in [-0.39, 0.29) is 18.4 Å². The van der Waals surface area contributed by atoms with Gasteiger partial charge < -0.3 is 20.1 Å². The molecule has 0 bridgehead atoms. The average molecular weight is 439 g/mol. The van der Waals surface area contributed by atoms with Crippen LogP contribution < -0.4 is 20.1 Å². The molecule has 3 aromatic carbocycles. The number of amides is 2.